The van der Waals surface area contributed by atoms with E-state index < -0.39 is 12.7 Å². The Hall–Kier alpha value is -1.11. The van der Waals surface area contributed by atoms with Crippen molar-refractivity contribution < 1.29 is 17.7 Å². The van der Waals surface area contributed by atoms with Gasteiger partial charge in [-0.1, -0.05) is 25.9 Å². The van der Waals surface area contributed by atoms with Gasteiger partial charge in [-0.15, -0.1) is 24.0 Å². The predicted molar refractivity (Wildman–Crippen MR) is 121 cm³/mol. The van der Waals surface area contributed by atoms with Crippen LogP contribution in [0, 0.1) is 5.92 Å². The minimum Gasteiger partial charge on any atom is -0.357 e. The van der Waals surface area contributed by atoms with Crippen molar-refractivity contribution in [3.63, 3.8) is 0 Å². The van der Waals surface area contributed by atoms with Crippen LogP contribution in [0.15, 0.2) is 9.52 Å². The highest BCUT2D eigenvalue weighted by Crippen LogP contribution is 2.24. The van der Waals surface area contributed by atoms with Crippen molar-refractivity contribution in [3.05, 3.63) is 11.7 Å². The molecule has 2 heterocycles. The maximum absolute atomic E-state index is 12.5. The third-order valence-electron chi connectivity index (χ3n) is 4.79. The first-order valence-corrected chi connectivity index (χ1v) is 10.2. The lowest BCUT2D eigenvalue weighted by atomic mass is 9.93. The van der Waals surface area contributed by atoms with Crippen molar-refractivity contribution in [2.75, 3.05) is 32.7 Å². The maximum atomic E-state index is 12.5. The molecular weight excluding hydrogens is 512 g/mol. The highest BCUT2D eigenvalue weighted by atomic mass is 127. The molecule has 0 atom stereocenters. The Labute approximate surface area is 193 Å². The molecule has 0 aliphatic carbocycles. The molecule has 0 aromatic carbocycles. The van der Waals surface area contributed by atoms with Crippen molar-refractivity contribution in [2.45, 2.75) is 65.1 Å². The molecule has 0 radical (unpaired) electrons. The molecule has 1 aromatic rings. The molecule has 0 unspecified atom stereocenters. The Balaban J connectivity index is 0.00000450. The zero-order chi connectivity index (χ0) is 21.5. The van der Waals surface area contributed by atoms with Gasteiger partial charge in [0.2, 0.25) is 5.89 Å². The first kappa shape index (κ1) is 26.9. The first-order valence-electron chi connectivity index (χ1n) is 10.2. The van der Waals surface area contributed by atoms with Crippen LogP contribution in [0.5, 0.6) is 0 Å². The summed E-state index contributed by atoms with van der Waals surface area (Å²) in [5.41, 5.74) is -0.201. The van der Waals surface area contributed by atoms with Gasteiger partial charge in [-0.25, -0.2) is 4.99 Å². The van der Waals surface area contributed by atoms with Gasteiger partial charge in [-0.05, 0) is 45.2 Å². The zero-order valence-electron chi connectivity index (χ0n) is 18.2. The second-order valence-corrected chi connectivity index (χ2v) is 8.51. The van der Waals surface area contributed by atoms with E-state index >= 15 is 0 Å². The molecular formula is C19H34F3IN6O. The van der Waals surface area contributed by atoms with Crippen LogP contribution in [0.2, 0.25) is 0 Å². The molecule has 30 heavy (non-hydrogen) atoms. The van der Waals surface area contributed by atoms with Crippen molar-refractivity contribution in [3.8, 4) is 0 Å². The number of alkyl halides is 3. The van der Waals surface area contributed by atoms with Crippen LogP contribution >= 0.6 is 24.0 Å². The van der Waals surface area contributed by atoms with E-state index in [1.54, 1.807) is 0 Å². The van der Waals surface area contributed by atoms with Crippen molar-refractivity contribution in [1.29, 1.82) is 0 Å². The Morgan fingerprint density at radius 3 is 2.40 bits per heavy atom. The number of aromatic nitrogens is 2. The van der Waals surface area contributed by atoms with Gasteiger partial charge in [0.25, 0.3) is 0 Å². The number of guanidine groups is 1. The quantitative estimate of drug-likeness (QED) is 0.309. The highest BCUT2D eigenvalue weighted by Gasteiger charge is 2.32. The summed E-state index contributed by atoms with van der Waals surface area (Å²) in [4.78, 5) is 10.4. The van der Waals surface area contributed by atoms with Gasteiger partial charge in [-0.3, -0.25) is 4.90 Å². The van der Waals surface area contributed by atoms with Crippen molar-refractivity contribution >= 4 is 29.9 Å². The monoisotopic (exact) mass is 546 g/mol. The molecule has 0 spiro atoms. The molecule has 0 bridgehead atoms. The number of rotatable bonds is 7. The van der Waals surface area contributed by atoms with Crippen molar-refractivity contribution in [1.82, 2.24) is 25.7 Å². The topological polar surface area (TPSA) is 78.6 Å². The Bertz CT molecular complexity index is 651. The number of hydrogen-bond acceptors (Lipinski definition) is 5. The lowest BCUT2D eigenvalue weighted by Crippen LogP contribution is -2.41. The summed E-state index contributed by atoms with van der Waals surface area (Å²) in [5, 5.41) is 10.4. The zero-order valence-corrected chi connectivity index (χ0v) is 20.5. The molecule has 174 valence electrons. The second-order valence-electron chi connectivity index (χ2n) is 8.51. The van der Waals surface area contributed by atoms with Gasteiger partial charge in [0, 0.05) is 18.5 Å². The lowest BCUT2D eigenvalue weighted by Gasteiger charge is -2.32. The van der Waals surface area contributed by atoms with Gasteiger partial charge in [0.05, 0.1) is 6.54 Å². The van der Waals surface area contributed by atoms with E-state index in [-0.39, 0.29) is 29.4 Å². The van der Waals surface area contributed by atoms with E-state index in [9.17, 15) is 13.2 Å². The highest BCUT2D eigenvalue weighted by molar-refractivity contribution is 14.0. The van der Waals surface area contributed by atoms with Crippen molar-refractivity contribution in [2.24, 2.45) is 10.9 Å². The van der Waals surface area contributed by atoms with Crippen LogP contribution in [-0.2, 0) is 12.0 Å². The second kappa shape index (κ2) is 12.1. The molecule has 11 heteroatoms. The maximum Gasteiger partial charge on any atom is 0.401 e. The van der Waals surface area contributed by atoms with Gasteiger partial charge in [0.1, 0.15) is 6.54 Å². The van der Waals surface area contributed by atoms with Gasteiger partial charge >= 0.3 is 6.18 Å². The minimum absolute atomic E-state index is 0. The van der Waals surface area contributed by atoms with Crippen LogP contribution in [0.1, 0.15) is 58.7 Å². The fraction of sp³-hybridized carbons (Fsp3) is 0.842. The van der Waals surface area contributed by atoms with E-state index in [2.05, 4.69) is 25.8 Å². The summed E-state index contributed by atoms with van der Waals surface area (Å²) in [5.74, 6) is 2.22. The van der Waals surface area contributed by atoms with Crippen LogP contribution in [0.25, 0.3) is 0 Å². The van der Waals surface area contributed by atoms with E-state index in [4.69, 9.17) is 4.52 Å². The smallest absolute Gasteiger partial charge is 0.357 e. The van der Waals surface area contributed by atoms with Crippen LogP contribution in [-0.4, -0.2) is 59.9 Å². The number of hydrogen-bond donors (Lipinski definition) is 2. The Morgan fingerprint density at radius 1 is 1.20 bits per heavy atom. The van der Waals surface area contributed by atoms with E-state index in [0.717, 1.165) is 32.4 Å². The van der Waals surface area contributed by atoms with Gasteiger partial charge in [-0.2, -0.15) is 18.2 Å². The third-order valence-corrected chi connectivity index (χ3v) is 4.79. The Morgan fingerprint density at radius 2 is 1.87 bits per heavy atom. The molecule has 7 nitrogen and oxygen atoms in total. The van der Waals surface area contributed by atoms with E-state index in [0.29, 0.717) is 43.2 Å². The van der Waals surface area contributed by atoms with Gasteiger partial charge in [0.15, 0.2) is 11.8 Å². The summed E-state index contributed by atoms with van der Waals surface area (Å²) in [6.45, 7) is 9.97. The molecule has 2 N–H and O–H groups in total. The summed E-state index contributed by atoms with van der Waals surface area (Å²) in [7, 11) is 0. The van der Waals surface area contributed by atoms with E-state index in [1.165, 1.54) is 4.90 Å². The third kappa shape index (κ3) is 9.80. The molecule has 1 fully saturated rings. The minimum atomic E-state index is -4.11. The predicted octanol–water partition coefficient (Wildman–Crippen LogP) is 3.70. The largest absolute Gasteiger partial charge is 0.401 e. The molecule has 1 aromatic heterocycles. The fourth-order valence-electron chi connectivity index (χ4n) is 3.20. The summed E-state index contributed by atoms with van der Waals surface area (Å²) in [6, 6.07) is 0. The standard InChI is InChI=1S/C19H33F3N6O.HI/c1-5-23-17(25-12-15-26-16(29-27-15)18(2,3)4)24-9-6-14-7-10-28(11-8-14)13-19(20,21)22;/h14H,5-13H2,1-4H3,(H2,23,24,25);1H. The molecule has 1 saturated heterocycles. The average molecular weight is 546 g/mol. The number of piperidine rings is 1. The molecule has 0 saturated carbocycles. The van der Waals surface area contributed by atoms with E-state index in [1.807, 2.05) is 27.7 Å². The van der Waals surface area contributed by atoms with Crippen LogP contribution in [0.3, 0.4) is 0 Å². The number of nitrogens with one attached hydrogen (secondary N) is 2. The fourth-order valence-corrected chi connectivity index (χ4v) is 3.20. The Kier molecular flexibility index (Phi) is 10.8. The normalized spacial score (nSPS) is 17.0. The van der Waals surface area contributed by atoms with Crippen LogP contribution in [0.4, 0.5) is 13.2 Å². The lowest BCUT2D eigenvalue weighted by molar-refractivity contribution is -0.148. The van der Waals surface area contributed by atoms with Gasteiger partial charge < -0.3 is 15.2 Å². The summed E-state index contributed by atoms with van der Waals surface area (Å²) >= 11 is 0. The first-order chi connectivity index (χ1) is 13.6. The number of halogens is 4. The summed E-state index contributed by atoms with van der Waals surface area (Å²) in [6.07, 6.45) is -1.62. The number of likely N-dealkylation sites (tertiary alicyclic amines) is 1. The number of aliphatic imine (C=N–C) groups is 1. The SMILES string of the molecule is CCNC(=NCc1noc(C(C)(C)C)n1)NCCC1CCN(CC(F)(F)F)CC1.I. The molecule has 1 aliphatic rings. The van der Waals surface area contributed by atoms with Crippen LogP contribution < -0.4 is 10.6 Å². The molecule has 2 rings (SSSR count). The summed E-state index contributed by atoms with van der Waals surface area (Å²) < 4.78 is 42.7. The molecule has 1 aliphatic heterocycles. The number of nitrogens with zero attached hydrogens (tertiary/aromatic N) is 4. The average Bonchev–Trinajstić information content (AvgIpc) is 3.09. The molecule has 0 amide bonds.